The highest BCUT2D eigenvalue weighted by Crippen LogP contribution is 2.30. The van der Waals surface area contributed by atoms with E-state index in [2.05, 4.69) is 0 Å². The zero-order valence-electron chi connectivity index (χ0n) is 10.2. The normalized spacial score (nSPS) is 35.2. The van der Waals surface area contributed by atoms with Crippen molar-refractivity contribution in [3.63, 3.8) is 0 Å². The van der Waals surface area contributed by atoms with E-state index in [0.29, 0.717) is 6.61 Å². The molecule has 1 unspecified atom stereocenters. The van der Waals surface area contributed by atoms with Crippen LogP contribution in [-0.4, -0.2) is 32.2 Å². The summed E-state index contributed by atoms with van der Waals surface area (Å²) < 4.78 is 22.4. The molecule has 4 atom stereocenters. The fourth-order valence-corrected chi connectivity index (χ4v) is 2.17. The van der Waals surface area contributed by atoms with Crippen molar-refractivity contribution >= 4 is 0 Å². The summed E-state index contributed by atoms with van der Waals surface area (Å²) >= 11 is 0. The SMILES string of the molecule is CO[C@H]1C=C[C@H]2OC(c3ccccc3)OC[C@H]2O1. The van der Waals surface area contributed by atoms with Crippen molar-refractivity contribution in [1.82, 2.24) is 0 Å². The highest BCUT2D eigenvalue weighted by atomic mass is 16.7. The molecule has 4 nitrogen and oxygen atoms in total. The summed E-state index contributed by atoms with van der Waals surface area (Å²) in [5.74, 6) is 0. The largest absolute Gasteiger partial charge is 0.352 e. The van der Waals surface area contributed by atoms with E-state index in [-0.39, 0.29) is 24.8 Å². The van der Waals surface area contributed by atoms with Crippen LogP contribution in [0.4, 0.5) is 0 Å². The number of methoxy groups -OCH3 is 1. The third kappa shape index (κ3) is 2.33. The third-order valence-corrected chi connectivity index (χ3v) is 3.13. The Kier molecular flexibility index (Phi) is 3.43. The Bertz CT molecular complexity index is 417. The lowest BCUT2D eigenvalue weighted by Gasteiger charge is -2.38. The Hall–Kier alpha value is -1.20. The Balaban J connectivity index is 1.71. The molecule has 2 aliphatic rings. The van der Waals surface area contributed by atoms with Crippen molar-refractivity contribution in [2.75, 3.05) is 13.7 Å². The third-order valence-electron chi connectivity index (χ3n) is 3.13. The number of rotatable bonds is 2. The summed E-state index contributed by atoms with van der Waals surface area (Å²) in [6.07, 6.45) is 3.07. The first kappa shape index (κ1) is 11.9. The molecule has 3 rings (SSSR count). The van der Waals surface area contributed by atoms with Crippen LogP contribution >= 0.6 is 0 Å². The van der Waals surface area contributed by atoms with E-state index in [9.17, 15) is 0 Å². The van der Waals surface area contributed by atoms with Crippen LogP contribution < -0.4 is 0 Å². The van der Waals surface area contributed by atoms with E-state index < -0.39 is 0 Å². The molecule has 0 bridgehead atoms. The van der Waals surface area contributed by atoms with Gasteiger partial charge in [-0.15, -0.1) is 0 Å². The molecule has 1 aromatic rings. The van der Waals surface area contributed by atoms with Gasteiger partial charge < -0.3 is 18.9 Å². The smallest absolute Gasteiger partial charge is 0.184 e. The van der Waals surface area contributed by atoms with Gasteiger partial charge >= 0.3 is 0 Å². The highest BCUT2D eigenvalue weighted by Gasteiger charge is 2.35. The van der Waals surface area contributed by atoms with E-state index in [1.165, 1.54) is 0 Å². The quantitative estimate of drug-likeness (QED) is 0.750. The van der Waals surface area contributed by atoms with Crippen LogP contribution in [0.3, 0.4) is 0 Å². The molecule has 4 heteroatoms. The van der Waals surface area contributed by atoms with Gasteiger partial charge in [-0.2, -0.15) is 0 Å². The van der Waals surface area contributed by atoms with Crippen molar-refractivity contribution in [3.8, 4) is 0 Å². The van der Waals surface area contributed by atoms with E-state index in [4.69, 9.17) is 18.9 Å². The Labute approximate surface area is 106 Å². The monoisotopic (exact) mass is 248 g/mol. The molecule has 0 amide bonds. The van der Waals surface area contributed by atoms with Gasteiger partial charge in [0.15, 0.2) is 12.6 Å². The zero-order valence-corrected chi connectivity index (χ0v) is 10.2. The molecule has 0 spiro atoms. The summed E-state index contributed by atoms with van der Waals surface area (Å²) in [5.41, 5.74) is 1.03. The standard InChI is InChI=1S/C14H16O4/c1-15-13-8-7-11-12(17-13)9-16-14(18-11)10-5-3-2-4-6-10/h2-8,11-14H,9H2,1H3/t11-,12-,13-,14?/m1/s1. The van der Waals surface area contributed by atoms with Crippen molar-refractivity contribution < 1.29 is 18.9 Å². The van der Waals surface area contributed by atoms with Crippen molar-refractivity contribution in [1.29, 1.82) is 0 Å². The predicted molar refractivity (Wildman–Crippen MR) is 64.8 cm³/mol. The van der Waals surface area contributed by atoms with Gasteiger partial charge in [0, 0.05) is 12.7 Å². The molecular formula is C14H16O4. The minimum Gasteiger partial charge on any atom is -0.352 e. The summed E-state index contributed by atoms with van der Waals surface area (Å²) in [5, 5.41) is 0. The second-order valence-electron chi connectivity index (χ2n) is 4.34. The van der Waals surface area contributed by atoms with Gasteiger partial charge in [0.05, 0.1) is 6.61 Å². The molecule has 2 heterocycles. The lowest BCUT2D eigenvalue weighted by Crippen LogP contribution is -2.45. The molecule has 0 aliphatic carbocycles. The van der Waals surface area contributed by atoms with E-state index >= 15 is 0 Å². The maximum atomic E-state index is 5.88. The van der Waals surface area contributed by atoms with Gasteiger partial charge in [-0.3, -0.25) is 0 Å². The average molecular weight is 248 g/mol. The first-order valence-corrected chi connectivity index (χ1v) is 6.05. The van der Waals surface area contributed by atoms with Crippen molar-refractivity contribution in [2.24, 2.45) is 0 Å². The van der Waals surface area contributed by atoms with Gasteiger partial charge in [0.25, 0.3) is 0 Å². The molecule has 1 saturated heterocycles. The number of hydrogen-bond acceptors (Lipinski definition) is 4. The van der Waals surface area contributed by atoms with Crippen LogP contribution in [0.1, 0.15) is 11.9 Å². The Morgan fingerprint density at radius 2 is 1.94 bits per heavy atom. The second kappa shape index (κ2) is 5.20. The van der Waals surface area contributed by atoms with Crippen LogP contribution in [0, 0.1) is 0 Å². The number of fused-ring (bicyclic) bond motifs is 1. The first-order chi connectivity index (χ1) is 8.86. The zero-order chi connectivity index (χ0) is 12.4. The lowest BCUT2D eigenvalue weighted by atomic mass is 10.1. The highest BCUT2D eigenvalue weighted by molar-refractivity contribution is 5.17. The van der Waals surface area contributed by atoms with Gasteiger partial charge in [-0.1, -0.05) is 36.4 Å². The minimum atomic E-state index is -0.320. The average Bonchev–Trinajstić information content (AvgIpc) is 2.47. The predicted octanol–water partition coefficient (Wildman–Crippen LogP) is 2.03. The molecule has 0 saturated carbocycles. The number of ether oxygens (including phenoxy) is 4. The van der Waals surface area contributed by atoms with Crippen LogP contribution in [-0.2, 0) is 18.9 Å². The molecule has 96 valence electrons. The molecule has 1 aromatic carbocycles. The minimum absolute atomic E-state index is 0.0737. The Morgan fingerprint density at radius 1 is 1.11 bits per heavy atom. The summed E-state index contributed by atoms with van der Waals surface area (Å²) in [7, 11) is 1.62. The van der Waals surface area contributed by atoms with E-state index in [1.54, 1.807) is 7.11 Å². The van der Waals surface area contributed by atoms with Crippen LogP contribution in [0.2, 0.25) is 0 Å². The van der Waals surface area contributed by atoms with E-state index in [0.717, 1.165) is 5.56 Å². The molecule has 2 aliphatic heterocycles. The van der Waals surface area contributed by atoms with Gasteiger partial charge in [-0.05, 0) is 6.08 Å². The molecule has 1 fully saturated rings. The van der Waals surface area contributed by atoms with Gasteiger partial charge in [-0.25, -0.2) is 0 Å². The first-order valence-electron chi connectivity index (χ1n) is 6.05. The van der Waals surface area contributed by atoms with Crippen molar-refractivity contribution in [2.45, 2.75) is 24.8 Å². The summed E-state index contributed by atoms with van der Waals surface area (Å²) in [4.78, 5) is 0. The van der Waals surface area contributed by atoms with Gasteiger partial charge in [0.1, 0.15) is 12.2 Å². The maximum Gasteiger partial charge on any atom is 0.184 e. The second-order valence-corrected chi connectivity index (χ2v) is 4.34. The summed E-state index contributed by atoms with van der Waals surface area (Å²) in [6, 6.07) is 9.92. The molecule has 0 N–H and O–H groups in total. The fourth-order valence-electron chi connectivity index (χ4n) is 2.17. The van der Waals surface area contributed by atoms with E-state index in [1.807, 2.05) is 42.5 Å². The number of hydrogen-bond donors (Lipinski definition) is 0. The fraction of sp³-hybridized carbons (Fsp3) is 0.429. The van der Waals surface area contributed by atoms with Crippen LogP contribution in [0.15, 0.2) is 42.5 Å². The molecule has 0 aromatic heterocycles. The lowest BCUT2D eigenvalue weighted by molar-refractivity contribution is -0.280. The summed E-state index contributed by atoms with van der Waals surface area (Å²) in [6.45, 7) is 0.508. The number of benzene rings is 1. The van der Waals surface area contributed by atoms with Gasteiger partial charge in [0.2, 0.25) is 0 Å². The Morgan fingerprint density at radius 3 is 2.72 bits per heavy atom. The van der Waals surface area contributed by atoms with Crippen LogP contribution in [0.25, 0.3) is 0 Å². The maximum absolute atomic E-state index is 5.88. The molecule has 0 radical (unpaired) electrons. The topological polar surface area (TPSA) is 36.9 Å². The molecular weight excluding hydrogens is 232 g/mol. The molecule has 18 heavy (non-hydrogen) atoms. The van der Waals surface area contributed by atoms with Crippen LogP contribution in [0.5, 0.6) is 0 Å². The van der Waals surface area contributed by atoms with Crippen molar-refractivity contribution in [3.05, 3.63) is 48.0 Å².